The Balaban J connectivity index is 0.00000113. The molecule has 7 nitrogen and oxygen atoms in total. The summed E-state index contributed by atoms with van der Waals surface area (Å²) in [6.07, 6.45) is 5.79. The number of piperidine rings is 1. The largest absolute Gasteiger partial charge is 0.351 e. The molecule has 4 heterocycles. The molecule has 0 atom stereocenters. The molecule has 0 aromatic carbocycles. The normalized spacial score (nSPS) is 17.9. The molecule has 1 fully saturated rings. The highest BCUT2D eigenvalue weighted by molar-refractivity contribution is 5.85. The number of nitrogens with zero attached hydrogens (tertiary/aromatic N) is 5. The monoisotopic (exact) mass is 385 g/mol. The zero-order valence-electron chi connectivity index (χ0n) is 14.1. The minimum absolute atomic E-state index is 0. The quantitative estimate of drug-likeness (QED) is 0.834. The number of halogens is 2. The lowest BCUT2D eigenvalue weighted by atomic mass is 10.1. The molecule has 2 N–H and O–H groups in total. The number of aromatic nitrogens is 4. The maximum Gasteiger partial charge on any atom is 0.222 e. The van der Waals surface area contributed by atoms with Crippen molar-refractivity contribution >= 4 is 30.8 Å². The molecular formula is C16H25Cl2N7. The summed E-state index contributed by atoms with van der Waals surface area (Å²) in [4.78, 5) is 11.0. The van der Waals surface area contributed by atoms with Crippen molar-refractivity contribution in [3.8, 4) is 0 Å². The van der Waals surface area contributed by atoms with Gasteiger partial charge in [0, 0.05) is 51.2 Å². The Morgan fingerprint density at radius 2 is 1.88 bits per heavy atom. The first-order valence-electron chi connectivity index (χ1n) is 8.39. The summed E-state index contributed by atoms with van der Waals surface area (Å²) < 4.78 is 2.15. The van der Waals surface area contributed by atoms with Crippen LogP contribution in [0.5, 0.6) is 0 Å². The van der Waals surface area contributed by atoms with Crippen molar-refractivity contribution in [1.82, 2.24) is 30.0 Å². The molecule has 2 aliphatic rings. The summed E-state index contributed by atoms with van der Waals surface area (Å²) in [6, 6.07) is 4.55. The summed E-state index contributed by atoms with van der Waals surface area (Å²) in [7, 11) is 0. The van der Waals surface area contributed by atoms with Crippen molar-refractivity contribution in [2.24, 2.45) is 0 Å². The van der Waals surface area contributed by atoms with Gasteiger partial charge in [0.1, 0.15) is 0 Å². The van der Waals surface area contributed by atoms with Crippen LogP contribution in [0.3, 0.4) is 0 Å². The smallest absolute Gasteiger partial charge is 0.222 e. The molecule has 0 bridgehead atoms. The maximum atomic E-state index is 4.73. The lowest BCUT2D eigenvalue weighted by molar-refractivity contribution is 0.208. The molecule has 0 aliphatic carbocycles. The Labute approximate surface area is 160 Å². The second-order valence-corrected chi connectivity index (χ2v) is 6.29. The molecule has 0 saturated carbocycles. The molecule has 1 saturated heterocycles. The number of fused-ring (bicyclic) bond motifs is 1. The van der Waals surface area contributed by atoms with Crippen LogP contribution in [-0.4, -0.2) is 50.3 Å². The molecule has 0 amide bonds. The topological polar surface area (TPSA) is 70.9 Å². The van der Waals surface area contributed by atoms with Gasteiger partial charge in [-0.1, -0.05) is 0 Å². The Morgan fingerprint density at radius 1 is 1.12 bits per heavy atom. The van der Waals surface area contributed by atoms with Gasteiger partial charge in [0.25, 0.3) is 0 Å². The van der Waals surface area contributed by atoms with Crippen molar-refractivity contribution in [3.05, 3.63) is 35.9 Å². The van der Waals surface area contributed by atoms with E-state index in [2.05, 4.69) is 36.2 Å². The summed E-state index contributed by atoms with van der Waals surface area (Å²) in [5.74, 6) is 0.736. The third kappa shape index (κ3) is 5.04. The van der Waals surface area contributed by atoms with E-state index in [0.717, 1.165) is 58.1 Å². The molecule has 4 rings (SSSR count). The maximum absolute atomic E-state index is 4.73. The van der Waals surface area contributed by atoms with E-state index in [0.29, 0.717) is 6.04 Å². The van der Waals surface area contributed by atoms with Gasteiger partial charge in [-0.15, -0.1) is 24.8 Å². The Hall–Kier alpha value is -1.41. The van der Waals surface area contributed by atoms with Gasteiger partial charge in [0.05, 0.1) is 17.9 Å². The number of hydrogen-bond acceptors (Lipinski definition) is 6. The van der Waals surface area contributed by atoms with E-state index in [1.165, 1.54) is 11.4 Å². The third-order valence-electron chi connectivity index (χ3n) is 4.59. The van der Waals surface area contributed by atoms with Crippen LogP contribution in [0.2, 0.25) is 0 Å². The minimum atomic E-state index is 0. The number of likely N-dealkylation sites (tertiary alicyclic amines) is 1. The first-order valence-corrected chi connectivity index (χ1v) is 8.39. The van der Waals surface area contributed by atoms with E-state index in [-0.39, 0.29) is 24.8 Å². The van der Waals surface area contributed by atoms with Gasteiger partial charge in [-0.05, 0) is 25.0 Å². The number of anilines is 1. The molecule has 2 aliphatic heterocycles. The van der Waals surface area contributed by atoms with E-state index >= 15 is 0 Å². The predicted molar refractivity (Wildman–Crippen MR) is 102 cm³/mol. The summed E-state index contributed by atoms with van der Waals surface area (Å²) in [5, 5.41) is 11.6. The number of rotatable bonds is 4. The second-order valence-electron chi connectivity index (χ2n) is 6.29. The van der Waals surface area contributed by atoms with Crippen molar-refractivity contribution in [2.75, 3.05) is 25.0 Å². The van der Waals surface area contributed by atoms with Crippen LogP contribution in [0.1, 0.15) is 24.2 Å². The van der Waals surface area contributed by atoms with Crippen LogP contribution in [0, 0.1) is 0 Å². The number of hydrogen-bond donors (Lipinski definition) is 2. The van der Waals surface area contributed by atoms with Crippen LogP contribution >= 0.6 is 24.8 Å². The van der Waals surface area contributed by atoms with Gasteiger partial charge in [-0.2, -0.15) is 5.10 Å². The molecular weight excluding hydrogens is 361 g/mol. The van der Waals surface area contributed by atoms with Gasteiger partial charge < -0.3 is 10.6 Å². The van der Waals surface area contributed by atoms with Crippen LogP contribution < -0.4 is 10.6 Å². The molecule has 25 heavy (non-hydrogen) atoms. The van der Waals surface area contributed by atoms with Crippen LogP contribution in [-0.2, 0) is 19.6 Å². The molecule has 138 valence electrons. The van der Waals surface area contributed by atoms with Gasteiger partial charge in [0.15, 0.2) is 0 Å². The van der Waals surface area contributed by atoms with Crippen LogP contribution in [0.25, 0.3) is 0 Å². The van der Waals surface area contributed by atoms with Crippen molar-refractivity contribution < 1.29 is 0 Å². The Morgan fingerprint density at radius 3 is 2.60 bits per heavy atom. The van der Waals surface area contributed by atoms with Gasteiger partial charge in [0.2, 0.25) is 5.95 Å². The fourth-order valence-electron chi connectivity index (χ4n) is 3.35. The Bertz CT molecular complexity index is 618. The van der Waals surface area contributed by atoms with Crippen LogP contribution in [0.4, 0.5) is 5.95 Å². The predicted octanol–water partition coefficient (Wildman–Crippen LogP) is 1.70. The molecule has 0 unspecified atom stereocenters. The van der Waals surface area contributed by atoms with E-state index in [1.54, 1.807) is 12.4 Å². The molecule has 9 heteroatoms. The summed E-state index contributed by atoms with van der Waals surface area (Å²) in [5.41, 5.74) is 2.51. The number of nitrogens with one attached hydrogen (secondary N) is 2. The SMILES string of the molecule is Cl.Cl.c1cnc(NC2CCN(Cc3cc4n(n3)CCNC4)CC2)nc1. The van der Waals surface area contributed by atoms with E-state index in [4.69, 9.17) is 5.10 Å². The van der Waals surface area contributed by atoms with Gasteiger partial charge >= 0.3 is 0 Å². The molecule has 0 radical (unpaired) electrons. The standard InChI is InChI=1S/C16H23N7.2ClH/c1-4-18-16(19-5-1)20-13-2-7-22(8-3-13)12-14-10-15-11-17-6-9-23(15)21-14;;/h1,4-5,10,13,17H,2-3,6-9,11-12H2,(H,18,19,20);2*1H. The van der Waals surface area contributed by atoms with Gasteiger partial charge in [-0.3, -0.25) is 9.58 Å². The zero-order valence-corrected chi connectivity index (χ0v) is 15.7. The first kappa shape index (κ1) is 19.9. The van der Waals surface area contributed by atoms with Crippen molar-refractivity contribution in [2.45, 2.75) is 38.5 Å². The highest BCUT2D eigenvalue weighted by Crippen LogP contribution is 2.17. The fourth-order valence-corrected chi connectivity index (χ4v) is 3.35. The lowest BCUT2D eigenvalue weighted by Gasteiger charge is -2.31. The molecule has 2 aromatic heterocycles. The highest BCUT2D eigenvalue weighted by Gasteiger charge is 2.21. The first-order chi connectivity index (χ1) is 11.4. The van der Waals surface area contributed by atoms with E-state index < -0.39 is 0 Å². The lowest BCUT2D eigenvalue weighted by Crippen LogP contribution is -2.39. The summed E-state index contributed by atoms with van der Waals surface area (Å²) >= 11 is 0. The van der Waals surface area contributed by atoms with Gasteiger partial charge in [-0.25, -0.2) is 9.97 Å². The van der Waals surface area contributed by atoms with Crippen LogP contribution in [0.15, 0.2) is 24.5 Å². The third-order valence-corrected chi connectivity index (χ3v) is 4.59. The Kier molecular flexibility index (Phi) is 7.43. The minimum Gasteiger partial charge on any atom is -0.351 e. The second kappa shape index (κ2) is 9.33. The fraction of sp³-hybridized carbons (Fsp3) is 0.562. The summed E-state index contributed by atoms with van der Waals surface area (Å²) in [6.45, 7) is 6.08. The molecule has 0 spiro atoms. The zero-order chi connectivity index (χ0) is 15.5. The van der Waals surface area contributed by atoms with Crippen molar-refractivity contribution in [1.29, 1.82) is 0 Å². The highest BCUT2D eigenvalue weighted by atomic mass is 35.5. The van der Waals surface area contributed by atoms with E-state index in [9.17, 15) is 0 Å². The average Bonchev–Trinajstić information content (AvgIpc) is 3.00. The van der Waals surface area contributed by atoms with Crippen molar-refractivity contribution in [3.63, 3.8) is 0 Å². The van der Waals surface area contributed by atoms with E-state index in [1.807, 2.05) is 6.07 Å². The molecule has 2 aromatic rings. The average molecular weight is 386 g/mol.